The normalized spacial score (nSPS) is 12.3. The van der Waals surface area contributed by atoms with E-state index >= 15 is 0 Å². The van der Waals surface area contributed by atoms with Crippen molar-refractivity contribution in [1.82, 2.24) is 9.97 Å². The van der Waals surface area contributed by atoms with Gasteiger partial charge in [0.05, 0.1) is 5.25 Å². The second-order valence-corrected chi connectivity index (χ2v) is 5.08. The Balaban J connectivity index is 2.15. The van der Waals surface area contributed by atoms with Crippen LogP contribution in [0.1, 0.15) is 28.5 Å². The zero-order valence-corrected chi connectivity index (χ0v) is 10.8. The number of nitrogens with zero attached hydrogens (tertiary/aromatic N) is 2. The molecule has 0 saturated heterocycles. The van der Waals surface area contributed by atoms with Crippen molar-refractivity contribution in [3.63, 3.8) is 0 Å². The van der Waals surface area contributed by atoms with Gasteiger partial charge in [-0.05, 0) is 19.1 Å². The third kappa shape index (κ3) is 3.16. The van der Waals surface area contributed by atoms with Crippen molar-refractivity contribution in [3.05, 3.63) is 29.7 Å². The number of thioether (sulfide) groups is 1. The van der Waals surface area contributed by atoms with Crippen LogP contribution in [0.25, 0.3) is 0 Å². The smallest absolute Gasteiger partial charge is 0.371 e. The van der Waals surface area contributed by atoms with Gasteiger partial charge in [-0.1, -0.05) is 11.8 Å². The fourth-order valence-electron chi connectivity index (χ4n) is 1.42. The van der Waals surface area contributed by atoms with Gasteiger partial charge in [-0.3, -0.25) is 0 Å². The average Bonchev–Trinajstić information content (AvgIpc) is 2.76. The van der Waals surface area contributed by atoms with Crippen molar-refractivity contribution < 1.29 is 14.3 Å². The Hall–Kier alpha value is -2.22. The van der Waals surface area contributed by atoms with Crippen LogP contribution in [0.2, 0.25) is 0 Å². The van der Waals surface area contributed by atoms with Crippen LogP contribution >= 0.6 is 11.8 Å². The summed E-state index contributed by atoms with van der Waals surface area (Å²) in [7, 11) is 0. The molecule has 0 aliphatic carbocycles. The number of nitrogens with two attached hydrogens (primary N) is 2. The summed E-state index contributed by atoms with van der Waals surface area (Å²) in [6.45, 7) is 1.85. The zero-order valence-electron chi connectivity index (χ0n) is 10.0. The number of hydrogen-bond acceptors (Lipinski definition) is 7. The van der Waals surface area contributed by atoms with Crippen molar-refractivity contribution in [3.8, 4) is 0 Å². The molecule has 0 aliphatic heterocycles. The van der Waals surface area contributed by atoms with E-state index in [1.54, 1.807) is 6.07 Å². The van der Waals surface area contributed by atoms with Crippen LogP contribution in [0.5, 0.6) is 0 Å². The molecule has 2 heterocycles. The van der Waals surface area contributed by atoms with E-state index in [1.165, 1.54) is 23.9 Å². The highest BCUT2D eigenvalue weighted by Crippen LogP contribution is 2.34. The first kappa shape index (κ1) is 13.2. The molecule has 0 spiro atoms. The molecule has 8 heteroatoms. The Morgan fingerprint density at radius 3 is 2.53 bits per heavy atom. The van der Waals surface area contributed by atoms with Gasteiger partial charge in [-0.25, -0.2) is 14.8 Å². The van der Waals surface area contributed by atoms with Crippen LogP contribution in [0, 0.1) is 0 Å². The number of carboxylic acid groups (broad SMARTS) is 1. The highest BCUT2D eigenvalue weighted by Gasteiger charge is 2.16. The van der Waals surface area contributed by atoms with Gasteiger partial charge in [0.25, 0.3) is 0 Å². The number of carboxylic acids is 1. The summed E-state index contributed by atoms with van der Waals surface area (Å²) in [5.41, 5.74) is 11.1. The van der Waals surface area contributed by atoms with Crippen LogP contribution in [0.4, 0.5) is 11.6 Å². The molecule has 0 amide bonds. The third-order valence-corrected chi connectivity index (χ3v) is 3.24. The topological polar surface area (TPSA) is 128 Å². The van der Waals surface area contributed by atoms with Crippen LogP contribution in [-0.4, -0.2) is 21.0 Å². The fraction of sp³-hybridized carbons (Fsp3) is 0.182. The highest BCUT2D eigenvalue weighted by atomic mass is 32.2. The van der Waals surface area contributed by atoms with Gasteiger partial charge in [0, 0.05) is 6.07 Å². The van der Waals surface area contributed by atoms with Gasteiger partial charge in [-0.15, -0.1) is 0 Å². The monoisotopic (exact) mass is 280 g/mol. The van der Waals surface area contributed by atoms with Crippen molar-refractivity contribution in [2.45, 2.75) is 17.3 Å². The summed E-state index contributed by atoms with van der Waals surface area (Å²) in [5.74, 6) is -0.115. The molecule has 7 nitrogen and oxygen atoms in total. The molecule has 5 N–H and O–H groups in total. The second kappa shape index (κ2) is 5.19. The van der Waals surface area contributed by atoms with Crippen LogP contribution < -0.4 is 11.5 Å². The van der Waals surface area contributed by atoms with Gasteiger partial charge in [0.15, 0.2) is 5.16 Å². The number of carbonyl (C=O) groups is 1. The van der Waals surface area contributed by atoms with E-state index in [4.69, 9.17) is 21.0 Å². The number of rotatable bonds is 4. The molecule has 0 aromatic carbocycles. The molecule has 0 saturated carbocycles. The Morgan fingerprint density at radius 2 is 2.00 bits per heavy atom. The molecule has 2 aromatic rings. The molecule has 1 unspecified atom stereocenters. The summed E-state index contributed by atoms with van der Waals surface area (Å²) in [4.78, 5) is 18.8. The van der Waals surface area contributed by atoms with Crippen LogP contribution in [0.15, 0.2) is 27.8 Å². The zero-order chi connectivity index (χ0) is 14.0. The Labute approximate surface area is 113 Å². The first-order chi connectivity index (χ1) is 8.95. The molecule has 2 rings (SSSR count). The molecule has 0 bridgehead atoms. The van der Waals surface area contributed by atoms with E-state index in [0.717, 1.165) is 0 Å². The van der Waals surface area contributed by atoms with Crippen molar-refractivity contribution in [2.75, 3.05) is 11.5 Å². The average molecular weight is 280 g/mol. The largest absolute Gasteiger partial charge is 0.475 e. The molecule has 1 atom stereocenters. The summed E-state index contributed by atoms with van der Waals surface area (Å²) in [5, 5.41) is 9.04. The minimum Gasteiger partial charge on any atom is -0.475 e. The minimum absolute atomic E-state index is 0.101. The molecular weight excluding hydrogens is 268 g/mol. The van der Waals surface area contributed by atoms with Crippen LogP contribution in [0.3, 0.4) is 0 Å². The fourth-order valence-corrected chi connectivity index (χ4v) is 2.29. The number of hydrogen-bond donors (Lipinski definition) is 3. The van der Waals surface area contributed by atoms with Crippen molar-refractivity contribution in [1.29, 1.82) is 0 Å². The number of anilines is 2. The van der Waals surface area contributed by atoms with Gasteiger partial charge in [-0.2, -0.15) is 0 Å². The lowest BCUT2D eigenvalue weighted by Gasteiger charge is -2.07. The SMILES string of the molecule is CC(Sc1nc(N)cc(N)n1)c1ccc(C(=O)O)o1. The molecule has 19 heavy (non-hydrogen) atoms. The van der Waals surface area contributed by atoms with E-state index in [9.17, 15) is 4.79 Å². The number of furan rings is 1. The molecule has 100 valence electrons. The lowest BCUT2D eigenvalue weighted by Crippen LogP contribution is -2.00. The van der Waals surface area contributed by atoms with E-state index in [2.05, 4.69) is 9.97 Å². The van der Waals surface area contributed by atoms with Gasteiger partial charge in [0.2, 0.25) is 5.76 Å². The first-order valence-electron chi connectivity index (χ1n) is 5.35. The highest BCUT2D eigenvalue weighted by molar-refractivity contribution is 7.99. The lowest BCUT2D eigenvalue weighted by molar-refractivity contribution is 0.0660. The van der Waals surface area contributed by atoms with E-state index in [0.29, 0.717) is 10.9 Å². The maximum absolute atomic E-state index is 10.7. The Morgan fingerprint density at radius 1 is 1.37 bits per heavy atom. The van der Waals surface area contributed by atoms with E-state index < -0.39 is 5.97 Å². The summed E-state index contributed by atoms with van der Waals surface area (Å²) < 4.78 is 5.20. The maximum atomic E-state index is 10.7. The number of aromatic nitrogens is 2. The van der Waals surface area contributed by atoms with Crippen molar-refractivity contribution >= 4 is 29.4 Å². The summed E-state index contributed by atoms with van der Waals surface area (Å²) >= 11 is 1.28. The summed E-state index contributed by atoms with van der Waals surface area (Å²) in [6, 6.07) is 4.48. The third-order valence-electron chi connectivity index (χ3n) is 2.27. The number of nitrogen functional groups attached to an aromatic ring is 2. The minimum atomic E-state index is -1.10. The predicted octanol–water partition coefficient (Wildman–Crippen LogP) is 1.79. The van der Waals surface area contributed by atoms with Gasteiger partial charge in [0.1, 0.15) is 17.4 Å². The first-order valence-corrected chi connectivity index (χ1v) is 6.23. The standard InChI is InChI=1S/C11H12N4O3S/c1-5(6-2-3-7(18-6)10(16)17)19-11-14-8(12)4-9(13)15-11/h2-5H,1H3,(H,16,17)(H4,12,13,14,15). The molecule has 0 aliphatic rings. The second-order valence-electron chi connectivity index (χ2n) is 3.77. The lowest BCUT2D eigenvalue weighted by atomic mass is 10.3. The Kier molecular flexibility index (Phi) is 3.61. The van der Waals surface area contributed by atoms with Gasteiger partial charge < -0.3 is 21.0 Å². The van der Waals surface area contributed by atoms with E-state index in [1.807, 2.05) is 6.92 Å². The quantitative estimate of drug-likeness (QED) is 0.571. The molecular formula is C11H12N4O3S. The molecule has 0 radical (unpaired) electrons. The number of aromatic carboxylic acids is 1. The predicted molar refractivity (Wildman–Crippen MR) is 70.8 cm³/mol. The maximum Gasteiger partial charge on any atom is 0.371 e. The van der Waals surface area contributed by atoms with E-state index in [-0.39, 0.29) is 22.6 Å². The van der Waals surface area contributed by atoms with Crippen molar-refractivity contribution in [2.24, 2.45) is 0 Å². The van der Waals surface area contributed by atoms with Crippen LogP contribution in [-0.2, 0) is 0 Å². The molecule has 0 fully saturated rings. The van der Waals surface area contributed by atoms with Gasteiger partial charge >= 0.3 is 5.97 Å². The summed E-state index contributed by atoms with van der Waals surface area (Å²) in [6.07, 6.45) is 0. The Bertz CT molecular complexity index is 593. The molecule has 2 aromatic heterocycles.